The number of nitrogens with two attached hydrogens (primary N) is 1. The Balaban J connectivity index is 1.64. The Morgan fingerprint density at radius 2 is 2.08 bits per heavy atom. The van der Waals surface area contributed by atoms with Crippen LogP contribution in [0.3, 0.4) is 0 Å². The molecule has 0 saturated carbocycles. The molecule has 1 saturated heterocycles. The zero-order valence-electron chi connectivity index (χ0n) is 14.3. The maximum absolute atomic E-state index is 6.53. The SMILES string of the molecule is Cc1nc(CC2(N)CCNCC2)cnc1-c1cc(Cl)c2cc[nH]c2c1. The fourth-order valence-electron chi connectivity index (χ4n) is 3.62. The first-order chi connectivity index (χ1) is 12.0. The number of rotatable bonds is 3. The highest BCUT2D eigenvalue weighted by atomic mass is 35.5. The van der Waals surface area contributed by atoms with Gasteiger partial charge >= 0.3 is 0 Å². The van der Waals surface area contributed by atoms with Gasteiger partial charge in [-0.3, -0.25) is 9.97 Å². The number of benzene rings is 1. The van der Waals surface area contributed by atoms with Crippen molar-refractivity contribution < 1.29 is 0 Å². The van der Waals surface area contributed by atoms with Crippen LogP contribution in [-0.4, -0.2) is 33.6 Å². The first kappa shape index (κ1) is 16.5. The Morgan fingerprint density at radius 1 is 1.28 bits per heavy atom. The van der Waals surface area contributed by atoms with E-state index in [1.54, 1.807) is 0 Å². The fourth-order valence-corrected chi connectivity index (χ4v) is 3.90. The van der Waals surface area contributed by atoms with Gasteiger partial charge in [0.15, 0.2) is 0 Å². The van der Waals surface area contributed by atoms with Crippen molar-refractivity contribution in [3.05, 3.63) is 47.0 Å². The Kier molecular flexibility index (Phi) is 4.23. The van der Waals surface area contributed by atoms with E-state index >= 15 is 0 Å². The molecule has 0 aliphatic carbocycles. The topological polar surface area (TPSA) is 79.6 Å². The number of fused-ring (bicyclic) bond motifs is 1. The fraction of sp³-hybridized carbons (Fsp3) is 0.368. The third kappa shape index (κ3) is 3.27. The second kappa shape index (κ2) is 6.41. The molecule has 130 valence electrons. The summed E-state index contributed by atoms with van der Waals surface area (Å²) in [6, 6.07) is 5.99. The first-order valence-corrected chi connectivity index (χ1v) is 9.01. The summed E-state index contributed by atoms with van der Waals surface area (Å²) in [4.78, 5) is 12.6. The number of aromatic nitrogens is 3. The zero-order valence-corrected chi connectivity index (χ0v) is 15.0. The second-order valence-electron chi connectivity index (χ2n) is 6.98. The van der Waals surface area contributed by atoms with Crippen LogP contribution in [-0.2, 0) is 6.42 Å². The smallest absolute Gasteiger partial charge is 0.0915 e. The van der Waals surface area contributed by atoms with Gasteiger partial charge in [-0.15, -0.1) is 0 Å². The quantitative estimate of drug-likeness (QED) is 0.674. The van der Waals surface area contributed by atoms with Gasteiger partial charge in [-0.2, -0.15) is 0 Å². The normalized spacial score (nSPS) is 17.1. The molecule has 5 nitrogen and oxygen atoms in total. The highest BCUT2D eigenvalue weighted by molar-refractivity contribution is 6.35. The van der Waals surface area contributed by atoms with Gasteiger partial charge in [0.2, 0.25) is 0 Å². The summed E-state index contributed by atoms with van der Waals surface area (Å²) in [6.45, 7) is 3.93. The number of nitrogens with zero attached hydrogens (tertiary/aromatic N) is 2. The van der Waals surface area contributed by atoms with Crippen molar-refractivity contribution in [3.8, 4) is 11.3 Å². The van der Waals surface area contributed by atoms with Gasteiger partial charge < -0.3 is 16.0 Å². The van der Waals surface area contributed by atoms with Crippen molar-refractivity contribution >= 4 is 22.5 Å². The van der Waals surface area contributed by atoms with E-state index in [0.717, 1.165) is 70.9 Å². The zero-order chi connectivity index (χ0) is 17.4. The lowest BCUT2D eigenvalue weighted by atomic mass is 9.85. The molecule has 4 rings (SSSR count). The lowest BCUT2D eigenvalue weighted by Crippen LogP contribution is -2.50. The van der Waals surface area contributed by atoms with Gasteiger partial charge in [0.05, 0.1) is 22.1 Å². The minimum atomic E-state index is -0.180. The molecule has 1 fully saturated rings. The van der Waals surface area contributed by atoms with E-state index in [4.69, 9.17) is 22.3 Å². The maximum atomic E-state index is 6.53. The van der Waals surface area contributed by atoms with E-state index in [0.29, 0.717) is 0 Å². The predicted octanol–water partition coefficient (Wildman–Crippen LogP) is 3.21. The Hall–Kier alpha value is -1.95. The molecule has 25 heavy (non-hydrogen) atoms. The monoisotopic (exact) mass is 355 g/mol. The van der Waals surface area contributed by atoms with Gasteiger partial charge in [-0.1, -0.05) is 11.6 Å². The molecule has 1 aromatic carbocycles. The molecule has 0 unspecified atom stereocenters. The summed E-state index contributed by atoms with van der Waals surface area (Å²) >= 11 is 6.39. The lowest BCUT2D eigenvalue weighted by molar-refractivity contribution is 0.306. The van der Waals surface area contributed by atoms with E-state index in [1.807, 2.05) is 31.5 Å². The number of H-pyrrole nitrogens is 1. The largest absolute Gasteiger partial charge is 0.361 e. The van der Waals surface area contributed by atoms with E-state index in [2.05, 4.69) is 21.4 Å². The van der Waals surface area contributed by atoms with Crippen LogP contribution >= 0.6 is 11.6 Å². The summed E-state index contributed by atoms with van der Waals surface area (Å²) in [5, 5.41) is 5.09. The maximum Gasteiger partial charge on any atom is 0.0915 e. The van der Waals surface area contributed by atoms with Crippen molar-refractivity contribution in [1.82, 2.24) is 20.3 Å². The Bertz CT molecular complexity index is 911. The van der Waals surface area contributed by atoms with Crippen molar-refractivity contribution in [2.45, 2.75) is 31.7 Å². The third-order valence-electron chi connectivity index (χ3n) is 5.02. The summed E-state index contributed by atoms with van der Waals surface area (Å²) < 4.78 is 0. The van der Waals surface area contributed by atoms with Gasteiger partial charge in [0, 0.05) is 40.8 Å². The van der Waals surface area contributed by atoms with Crippen LogP contribution in [0, 0.1) is 6.92 Å². The molecule has 1 aliphatic heterocycles. The molecule has 0 spiro atoms. The molecule has 6 heteroatoms. The van der Waals surface area contributed by atoms with Gasteiger partial charge in [0.1, 0.15) is 0 Å². The number of hydrogen-bond donors (Lipinski definition) is 3. The van der Waals surface area contributed by atoms with Crippen LogP contribution in [0.1, 0.15) is 24.2 Å². The van der Waals surface area contributed by atoms with Crippen molar-refractivity contribution in [3.63, 3.8) is 0 Å². The Morgan fingerprint density at radius 3 is 2.84 bits per heavy atom. The Labute approximate surface area is 152 Å². The molecule has 0 bridgehead atoms. The molecule has 2 aromatic heterocycles. The van der Waals surface area contributed by atoms with Crippen LogP contribution < -0.4 is 11.1 Å². The van der Waals surface area contributed by atoms with Crippen LogP contribution in [0.2, 0.25) is 5.02 Å². The summed E-state index contributed by atoms with van der Waals surface area (Å²) in [6.07, 6.45) is 6.44. The number of hydrogen-bond acceptors (Lipinski definition) is 4. The number of aryl methyl sites for hydroxylation is 1. The number of aromatic amines is 1. The van der Waals surface area contributed by atoms with Crippen LogP contribution in [0.4, 0.5) is 0 Å². The molecule has 3 aromatic rings. The van der Waals surface area contributed by atoms with Crippen LogP contribution in [0.5, 0.6) is 0 Å². The standard InChI is InChI=1S/C19H22ClN5/c1-12-18(13-8-16(20)15-2-5-23-17(15)9-13)24-11-14(25-12)10-19(21)3-6-22-7-4-19/h2,5,8-9,11,22-23H,3-4,6-7,10,21H2,1H3. The van der Waals surface area contributed by atoms with Crippen molar-refractivity contribution in [2.75, 3.05) is 13.1 Å². The van der Waals surface area contributed by atoms with Crippen molar-refractivity contribution in [2.24, 2.45) is 5.73 Å². The van der Waals surface area contributed by atoms with E-state index in [-0.39, 0.29) is 5.54 Å². The number of piperidine rings is 1. The molecule has 0 amide bonds. The minimum absolute atomic E-state index is 0.180. The van der Waals surface area contributed by atoms with Gasteiger partial charge in [0.25, 0.3) is 0 Å². The summed E-state index contributed by atoms with van der Waals surface area (Å²) in [7, 11) is 0. The first-order valence-electron chi connectivity index (χ1n) is 8.63. The molecule has 0 radical (unpaired) electrons. The molecule has 3 heterocycles. The lowest BCUT2D eigenvalue weighted by Gasteiger charge is -2.33. The molecular formula is C19H22ClN5. The average Bonchev–Trinajstić information content (AvgIpc) is 3.04. The van der Waals surface area contributed by atoms with Gasteiger partial charge in [-0.05, 0) is 51.1 Å². The minimum Gasteiger partial charge on any atom is -0.361 e. The van der Waals surface area contributed by atoms with E-state index in [1.165, 1.54) is 0 Å². The molecular weight excluding hydrogens is 334 g/mol. The second-order valence-corrected chi connectivity index (χ2v) is 7.39. The average molecular weight is 356 g/mol. The molecule has 0 atom stereocenters. The highest BCUT2D eigenvalue weighted by Crippen LogP contribution is 2.30. The van der Waals surface area contributed by atoms with E-state index < -0.39 is 0 Å². The molecule has 4 N–H and O–H groups in total. The van der Waals surface area contributed by atoms with Gasteiger partial charge in [-0.25, -0.2) is 0 Å². The van der Waals surface area contributed by atoms with Crippen LogP contribution in [0.15, 0.2) is 30.6 Å². The van der Waals surface area contributed by atoms with Crippen molar-refractivity contribution in [1.29, 1.82) is 0 Å². The van der Waals surface area contributed by atoms with E-state index in [9.17, 15) is 0 Å². The summed E-state index contributed by atoms with van der Waals surface area (Å²) in [5.74, 6) is 0. The highest BCUT2D eigenvalue weighted by Gasteiger charge is 2.28. The van der Waals surface area contributed by atoms with Crippen LogP contribution in [0.25, 0.3) is 22.2 Å². The summed E-state index contributed by atoms with van der Waals surface area (Å²) in [5.41, 5.74) is 11.0. The predicted molar refractivity (Wildman–Crippen MR) is 102 cm³/mol. The third-order valence-corrected chi connectivity index (χ3v) is 5.33. The number of halogens is 1. The number of nitrogens with one attached hydrogen (secondary N) is 2. The molecule has 1 aliphatic rings.